The number of hydrogen-bond acceptors (Lipinski definition) is 16. The van der Waals surface area contributed by atoms with E-state index in [-0.39, 0.29) is 41.9 Å². The van der Waals surface area contributed by atoms with Crippen LogP contribution < -0.4 is 29.6 Å². The number of allylic oxidation sites excluding steroid dienone is 1. The molecule has 0 bridgehead atoms. The van der Waals surface area contributed by atoms with Crippen molar-refractivity contribution in [3.63, 3.8) is 0 Å². The summed E-state index contributed by atoms with van der Waals surface area (Å²) in [5, 5.41) is 52.7. The van der Waals surface area contributed by atoms with E-state index in [9.17, 15) is 48.1 Å². The molecule has 2 saturated heterocycles. The Morgan fingerprint density at radius 2 is 0.986 bits per heavy atom. The smallest absolute Gasteiger partial charge is 0.726 e. The largest absolute Gasteiger partial charge is 1.00 e. The molecule has 18 heteroatoms. The molecule has 0 unspecified atom stereocenters. The Balaban J connectivity index is 0.0000266. The standard InChI is InChI=1S/C55H102O16S.Na/c1-6-8-10-12-14-16-18-20-22-23-25-27-29-31-33-41(3)37-43(5)38-42(4)35-36-47(59)68-51-49(61)45(40-57)67-55(70-54-52(71-72(63,64)65)50(62)48(60)44(39-56)66-54)53(51)69-46(58)34-32-30-28-26-24-21-19-17-15-13-11-9-7-2;/h35-36,41-45,48-57,60-62H,6-34,37-40H2,1-5H3,(H,63,64,65);/q;+1/p-1/b36-35+;/t41-,42+,43-,44+,45+,48+,49+,50-,51-,52+,53+,54+,55+;/m0./s1. The summed E-state index contributed by atoms with van der Waals surface area (Å²) in [5.41, 5.74) is 0. The number of hydrogen-bond donors (Lipinski definition) is 5. The van der Waals surface area contributed by atoms with Gasteiger partial charge in [0.2, 0.25) is 16.7 Å². The summed E-state index contributed by atoms with van der Waals surface area (Å²) in [5.74, 6) is -0.727. The molecule has 2 heterocycles. The van der Waals surface area contributed by atoms with Crippen molar-refractivity contribution in [1.29, 1.82) is 0 Å². The summed E-state index contributed by atoms with van der Waals surface area (Å²) >= 11 is 0. The predicted octanol–water partition coefficient (Wildman–Crippen LogP) is 6.79. The summed E-state index contributed by atoms with van der Waals surface area (Å²) < 4.78 is 68.3. The van der Waals surface area contributed by atoms with Crippen LogP contribution in [-0.4, -0.2) is 125 Å². The van der Waals surface area contributed by atoms with Crippen molar-refractivity contribution < 1.29 is 106 Å². The van der Waals surface area contributed by atoms with Crippen LogP contribution in [0.25, 0.3) is 0 Å². The molecule has 0 aromatic heterocycles. The number of carbonyl (C=O) groups is 2. The van der Waals surface area contributed by atoms with E-state index < -0.39 is 97.0 Å². The van der Waals surface area contributed by atoms with E-state index in [0.29, 0.717) is 18.3 Å². The third kappa shape index (κ3) is 31.4. The molecule has 2 fully saturated rings. The number of carbonyl (C=O) groups excluding carboxylic acids is 2. The summed E-state index contributed by atoms with van der Waals surface area (Å²) in [7, 11) is -5.56. The number of aliphatic hydroxyl groups excluding tert-OH is 5. The molecule has 13 atom stereocenters. The molecule has 16 nitrogen and oxygen atoms in total. The molecule has 0 aromatic rings. The van der Waals surface area contributed by atoms with E-state index in [0.717, 1.165) is 44.9 Å². The van der Waals surface area contributed by atoms with Crippen molar-refractivity contribution in [2.24, 2.45) is 17.8 Å². The third-order valence-electron chi connectivity index (χ3n) is 14.3. The number of aliphatic hydroxyl groups is 5. The topological polar surface area (TPSA) is 248 Å². The quantitative estimate of drug-likeness (QED) is 0.0105. The normalized spacial score (nSPS) is 25.8. The van der Waals surface area contributed by atoms with Gasteiger partial charge in [0, 0.05) is 12.5 Å². The average Bonchev–Trinajstić information content (AvgIpc) is 3.33. The van der Waals surface area contributed by atoms with Gasteiger partial charge < -0.3 is 53.8 Å². The Kier molecular flexibility index (Phi) is 40.6. The van der Waals surface area contributed by atoms with Crippen LogP contribution in [-0.2, 0) is 47.9 Å². The third-order valence-corrected chi connectivity index (χ3v) is 14.8. The second-order valence-corrected chi connectivity index (χ2v) is 22.3. The van der Waals surface area contributed by atoms with Crippen LogP contribution in [0.1, 0.15) is 234 Å². The minimum atomic E-state index is -5.56. The first-order valence-corrected chi connectivity index (χ1v) is 29.8. The van der Waals surface area contributed by atoms with Gasteiger partial charge >= 0.3 is 41.5 Å². The molecule has 0 spiro atoms. The molecule has 0 saturated carbocycles. The maximum absolute atomic E-state index is 13.5. The number of esters is 2. The molecule has 0 aromatic carbocycles. The second-order valence-electron chi connectivity index (χ2n) is 21.3. The zero-order valence-electron chi connectivity index (χ0n) is 46.1. The first-order valence-electron chi connectivity index (χ1n) is 28.5. The van der Waals surface area contributed by atoms with Gasteiger partial charge in [-0.15, -0.1) is 0 Å². The van der Waals surface area contributed by atoms with Gasteiger partial charge in [-0.05, 0) is 37.0 Å². The Labute approximate surface area is 463 Å². The maximum atomic E-state index is 13.5. The van der Waals surface area contributed by atoms with Gasteiger partial charge in [0.25, 0.3) is 0 Å². The Morgan fingerprint density at radius 3 is 1.44 bits per heavy atom. The van der Waals surface area contributed by atoms with Crippen molar-refractivity contribution in [2.75, 3.05) is 13.2 Å². The van der Waals surface area contributed by atoms with E-state index in [1.54, 1.807) is 6.08 Å². The summed E-state index contributed by atoms with van der Waals surface area (Å²) in [4.78, 5) is 27.0. The van der Waals surface area contributed by atoms with Crippen molar-refractivity contribution >= 4 is 22.3 Å². The van der Waals surface area contributed by atoms with Gasteiger partial charge in [-0.1, -0.05) is 214 Å². The molecule has 2 aliphatic heterocycles. The van der Waals surface area contributed by atoms with Crippen LogP contribution in [0.5, 0.6) is 0 Å². The molecule has 2 aliphatic rings. The first kappa shape index (κ1) is 70.2. The number of unbranched alkanes of at least 4 members (excludes halogenated alkanes) is 25. The average molecular weight is 1070 g/mol. The van der Waals surface area contributed by atoms with Crippen LogP contribution in [0.4, 0.5) is 0 Å². The van der Waals surface area contributed by atoms with E-state index in [2.05, 4.69) is 31.9 Å². The molecular weight excluding hydrogens is 972 g/mol. The Morgan fingerprint density at radius 1 is 0.562 bits per heavy atom. The van der Waals surface area contributed by atoms with Crippen LogP contribution >= 0.6 is 0 Å². The van der Waals surface area contributed by atoms with Crippen molar-refractivity contribution in [3.8, 4) is 0 Å². The minimum Gasteiger partial charge on any atom is -0.726 e. The van der Waals surface area contributed by atoms with Gasteiger partial charge in [-0.25, -0.2) is 13.2 Å². The predicted molar refractivity (Wildman–Crippen MR) is 276 cm³/mol. The van der Waals surface area contributed by atoms with E-state index in [1.165, 1.54) is 147 Å². The first-order chi connectivity index (χ1) is 34.5. The molecule has 0 aliphatic carbocycles. The fourth-order valence-electron chi connectivity index (χ4n) is 10.2. The van der Waals surface area contributed by atoms with Crippen LogP contribution in [0.2, 0.25) is 0 Å². The zero-order valence-corrected chi connectivity index (χ0v) is 48.9. The van der Waals surface area contributed by atoms with E-state index in [4.69, 9.17) is 23.7 Å². The van der Waals surface area contributed by atoms with Crippen LogP contribution in [0.3, 0.4) is 0 Å². The Bertz CT molecular complexity index is 1520. The molecule has 5 N–H and O–H groups in total. The molecule has 73 heavy (non-hydrogen) atoms. The van der Waals surface area contributed by atoms with Crippen molar-refractivity contribution in [1.82, 2.24) is 0 Å². The SMILES string of the molecule is CCCCCCCCCCCCCCCC[C@H](C)C[C@H](C)C[C@H](C)/C=C/C(=O)O[C@H]1[C@H](O)[C@@H](CO)O[C@H](O[C@H]2O[C@H](CO)[C@@H](O)[C@H](O)[C@H]2OS(=O)(=O)[O-])[C@@H]1OC(=O)CCCCCCCCCCCCCCC.[Na+]. The fraction of sp³-hybridized carbons (Fsp3) is 0.927. The van der Waals surface area contributed by atoms with Gasteiger partial charge in [0.05, 0.1) is 13.2 Å². The fourth-order valence-corrected chi connectivity index (χ4v) is 10.6. The second kappa shape index (κ2) is 42.2. The van der Waals surface area contributed by atoms with Crippen LogP contribution in [0.15, 0.2) is 12.2 Å². The maximum Gasteiger partial charge on any atom is 1.00 e. The summed E-state index contributed by atoms with van der Waals surface area (Å²) in [6.45, 7) is 9.22. The molecule has 0 radical (unpaired) electrons. The van der Waals surface area contributed by atoms with E-state index >= 15 is 0 Å². The Hall–Kier alpha value is -0.770. The summed E-state index contributed by atoms with van der Waals surface area (Å²) in [6, 6.07) is 0. The monoisotopic (exact) mass is 1070 g/mol. The van der Waals surface area contributed by atoms with Gasteiger partial charge in [-0.2, -0.15) is 0 Å². The minimum absolute atomic E-state index is 0. The summed E-state index contributed by atoms with van der Waals surface area (Å²) in [6.07, 6.45) is 20.2. The van der Waals surface area contributed by atoms with Gasteiger partial charge in [0.1, 0.15) is 30.5 Å². The molecule has 0 amide bonds. The molecule has 2 rings (SSSR count). The van der Waals surface area contributed by atoms with Gasteiger partial charge in [-0.3, -0.25) is 8.98 Å². The van der Waals surface area contributed by atoms with Crippen molar-refractivity contribution in [3.05, 3.63) is 12.2 Å². The van der Waals surface area contributed by atoms with Crippen molar-refractivity contribution in [2.45, 2.75) is 295 Å². The number of ether oxygens (including phenoxy) is 5. The zero-order chi connectivity index (χ0) is 53.2. The van der Waals surface area contributed by atoms with Crippen LogP contribution in [0, 0.1) is 17.8 Å². The van der Waals surface area contributed by atoms with Gasteiger partial charge in [0.15, 0.2) is 24.6 Å². The molecular formula is C55H101NaO16S. The number of rotatable bonds is 43. The van der Waals surface area contributed by atoms with E-state index in [1.807, 2.05) is 6.92 Å². The molecule has 424 valence electrons.